The van der Waals surface area contributed by atoms with E-state index in [2.05, 4.69) is 4.98 Å². The maximum Gasteiger partial charge on any atom is 0.273 e. The Morgan fingerprint density at radius 1 is 1.50 bits per heavy atom. The third kappa shape index (κ3) is 1.95. The lowest BCUT2D eigenvalue weighted by molar-refractivity contribution is -0.385. The molecule has 2 rings (SSSR count). The highest BCUT2D eigenvalue weighted by Gasteiger charge is 2.22. The van der Waals surface area contributed by atoms with Crippen LogP contribution in [0.2, 0.25) is 0 Å². The van der Waals surface area contributed by atoms with Crippen LogP contribution in [0.1, 0.15) is 15.9 Å². The first kappa shape index (κ1) is 12.2. The Hall–Kier alpha value is -2.28. The van der Waals surface area contributed by atoms with Gasteiger partial charge >= 0.3 is 0 Å². The van der Waals surface area contributed by atoms with Crippen LogP contribution in [-0.4, -0.2) is 15.8 Å². The molecular formula is C11H9N3O3S. The summed E-state index contributed by atoms with van der Waals surface area (Å²) in [5.74, 6) is -0.627. The van der Waals surface area contributed by atoms with E-state index in [-0.39, 0.29) is 11.3 Å². The predicted octanol–water partition coefficient (Wildman–Crippen LogP) is 2.13. The van der Waals surface area contributed by atoms with Crippen LogP contribution in [0, 0.1) is 17.0 Å². The zero-order valence-corrected chi connectivity index (χ0v) is 10.2. The Morgan fingerprint density at radius 2 is 2.22 bits per heavy atom. The van der Waals surface area contributed by atoms with Crippen molar-refractivity contribution in [2.24, 2.45) is 5.73 Å². The standard InChI is InChI=1S/C11H9N3O3S/c1-6-8(14(16)17)3-2-7(10(12)15)9(6)11-13-4-5-18-11/h2-5H,1H3,(H2,12,15). The first-order valence-corrected chi connectivity index (χ1v) is 5.88. The zero-order chi connectivity index (χ0) is 13.3. The van der Waals surface area contributed by atoms with Gasteiger partial charge in [0.05, 0.1) is 10.5 Å². The Labute approximate surface area is 106 Å². The second-order valence-corrected chi connectivity index (χ2v) is 4.49. The lowest BCUT2D eigenvalue weighted by atomic mass is 10.00. The normalized spacial score (nSPS) is 10.3. The predicted molar refractivity (Wildman–Crippen MR) is 67.5 cm³/mol. The number of rotatable bonds is 3. The highest BCUT2D eigenvalue weighted by Crippen LogP contribution is 2.34. The van der Waals surface area contributed by atoms with Gasteiger partial charge < -0.3 is 5.73 Å². The van der Waals surface area contributed by atoms with Crippen LogP contribution in [0.3, 0.4) is 0 Å². The molecule has 0 fully saturated rings. The zero-order valence-electron chi connectivity index (χ0n) is 9.41. The molecule has 0 atom stereocenters. The fourth-order valence-corrected chi connectivity index (χ4v) is 2.48. The van der Waals surface area contributed by atoms with Gasteiger partial charge in [-0.05, 0) is 13.0 Å². The number of hydrogen-bond acceptors (Lipinski definition) is 5. The maximum absolute atomic E-state index is 11.4. The molecule has 2 N–H and O–H groups in total. The van der Waals surface area contributed by atoms with Crippen LogP contribution in [0.5, 0.6) is 0 Å². The number of nitrogens with zero attached hydrogens (tertiary/aromatic N) is 2. The third-order valence-corrected chi connectivity index (χ3v) is 3.34. The van der Waals surface area contributed by atoms with E-state index in [1.54, 1.807) is 18.5 Å². The van der Waals surface area contributed by atoms with Crippen molar-refractivity contribution in [1.29, 1.82) is 0 Å². The Bertz CT molecular complexity index is 623. The molecular weight excluding hydrogens is 254 g/mol. The summed E-state index contributed by atoms with van der Waals surface area (Å²) in [6, 6.07) is 2.65. The van der Waals surface area contributed by atoms with Crippen molar-refractivity contribution in [3.8, 4) is 10.6 Å². The van der Waals surface area contributed by atoms with Crippen molar-refractivity contribution >= 4 is 22.9 Å². The van der Waals surface area contributed by atoms with Crippen molar-refractivity contribution in [2.45, 2.75) is 6.92 Å². The van der Waals surface area contributed by atoms with Crippen LogP contribution in [0.4, 0.5) is 5.69 Å². The summed E-state index contributed by atoms with van der Waals surface area (Å²) in [6.45, 7) is 1.58. The van der Waals surface area contributed by atoms with Gasteiger partial charge in [0.15, 0.2) is 0 Å². The second kappa shape index (κ2) is 4.53. The molecule has 0 unspecified atom stereocenters. The van der Waals surface area contributed by atoms with E-state index in [9.17, 15) is 14.9 Å². The van der Waals surface area contributed by atoms with Gasteiger partial charge in [-0.15, -0.1) is 11.3 Å². The number of carbonyl (C=O) groups excluding carboxylic acids is 1. The molecule has 2 aromatic rings. The van der Waals surface area contributed by atoms with Gasteiger partial charge in [0.2, 0.25) is 5.91 Å². The number of primary amides is 1. The first-order valence-electron chi connectivity index (χ1n) is 5.00. The fraction of sp³-hybridized carbons (Fsp3) is 0.0909. The van der Waals surface area contributed by atoms with Gasteiger partial charge in [0.25, 0.3) is 5.69 Å². The van der Waals surface area contributed by atoms with E-state index in [1.165, 1.54) is 23.5 Å². The molecule has 0 saturated carbocycles. The highest BCUT2D eigenvalue weighted by atomic mass is 32.1. The van der Waals surface area contributed by atoms with E-state index in [0.29, 0.717) is 16.1 Å². The summed E-state index contributed by atoms with van der Waals surface area (Å²) in [6.07, 6.45) is 1.57. The summed E-state index contributed by atoms with van der Waals surface area (Å²) >= 11 is 1.30. The number of thiazole rings is 1. The minimum atomic E-state index is -0.627. The summed E-state index contributed by atoms with van der Waals surface area (Å²) in [4.78, 5) is 25.9. The minimum Gasteiger partial charge on any atom is -0.366 e. The SMILES string of the molecule is Cc1c([N+](=O)[O-])ccc(C(N)=O)c1-c1nccs1. The quantitative estimate of drug-likeness (QED) is 0.677. The molecule has 92 valence electrons. The number of nitro benzene ring substituents is 1. The van der Waals surface area contributed by atoms with Gasteiger partial charge in [0.1, 0.15) is 5.01 Å². The Kier molecular flexibility index (Phi) is 3.07. The molecule has 1 amide bonds. The Balaban J connectivity index is 2.77. The van der Waals surface area contributed by atoms with Crippen LogP contribution in [-0.2, 0) is 0 Å². The largest absolute Gasteiger partial charge is 0.366 e. The van der Waals surface area contributed by atoms with Crippen LogP contribution < -0.4 is 5.73 Å². The van der Waals surface area contributed by atoms with Crippen molar-refractivity contribution in [1.82, 2.24) is 4.98 Å². The topological polar surface area (TPSA) is 99.1 Å². The molecule has 1 aromatic carbocycles. The van der Waals surface area contributed by atoms with E-state index in [0.717, 1.165) is 0 Å². The molecule has 18 heavy (non-hydrogen) atoms. The third-order valence-electron chi connectivity index (χ3n) is 2.54. The average molecular weight is 263 g/mol. The van der Waals surface area contributed by atoms with E-state index in [1.807, 2.05) is 0 Å². The number of carbonyl (C=O) groups is 1. The summed E-state index contributed by atoms with van der Waals surface area (Å²) < 4.78 is 0. The summed E-state index contributed by atoms with van der Waals surface area (Å²) in [7, 11) is 0. The van der Waals surface area contributed by atoms with Crippen molar-refractivity contribution in [2.75, 3.05) is 0 Å². The maximum atomic E-state index is 11.4. The van der Waals surface area contributed by atoms with Gasteiger partial charge in [0, 0.05) is 28.8 Å². The lowest BCUT2D eigenvalue weighted by Gasteiger charge is -2.08. The van der Waals surface area contributed by atoms with Crippen LogP contribution >= 0.6 is 11.3 Å². The number of hydrogen-bond donors (Lipinski definition) is 1. The lowest BCUT2D eigenvalue weighted by Crippen LogP contribution is -2.13. The van der Waals surface area contributed by atoms with Crippen molar-refractivity contribution in [3.63, 3.8) is 0 Å². The smallest absolute Gasteiger partial charge is 0.273 e. The van der Waals surface area contributed by atoms with Crippen LogP contribution in [0.25, 0.3) is 10.6 Å². The molecule has 0 aliphatic rings. The number of nitro groups is 1. The number of nitrogens with two attached hydrogens (primary N) is 1. The monoisotopic (exact) mass is 263 g/mol. The molecule has 0 bridgehead atoms. The molecule has 0 aliphatic heterocycles. The van der Waals surface area contributed by atoms with Crippen LogP contribution in [0.15, 0.2) is 23.7 Å². The molecule has 0 spiro atoms. The summed E-state index contributed by atoms with van der Waals surface area (Å²) in [5.41, 5.74) is 6.31. The second-order valence-electron chi connectivity index (χ2n) is 3.59. The minimum absolute atomic E-state index is 0.0507. The van der Waals surface area contributed by atoms with Crippen molar-refractivity contribution in [3.05, 3.63) is 45.0 Å². The summed E-state index contributed by atoms with van der Waals surface area (Å²) in [5, 5.41) is 13.2. The number of amides is 1. The van der Waals surface area contributed by atoms with Gasteiger partial charge in [-0.2, -0.15) is 0 Å². The van der Waals surface area contributed by atoms with Gasteiger partial charge in [-0.3, -0.25) is 14.9 Å². The number of benzene rings is 1. The molecule has 1 heterocycles. The molecule has 0 radical (unpaired) electrons. The molecule has 1 aromatic heterocycles. The molecule has 0 aliphatic carbocycles. The molecule has 0 saturated heterocycles. The highest BCUT2D eigenvalue weighted by molar-refractivity contribution is 7.13. The Morgan fingerprint density at radius 3 is 2.72 bits per heavy atom. The van der Waals surface area contributed by atoms with E-state index < -0.39 is 10.8 Å². The first-order chi connectivity index (χ1) is 8.52. The van der Waals surface area contributed by atoms with E-state index >= 15 is 0 Å². The average Bonchev–Trinajstić information content (AvgIpc) is 2.80. The molecule has 7 heteroatoms. The van der Waals surface area contributed by atoms with Gasteiger partial charge in [-0.25, -0.2) is 4.98 Å². The van der Waals surface area contributed by atoms with Crippen molar-refractivity contribution < 1.29 is 9.72 Å². The molecule has 6 nitrogen and oxygen atoms in total. The van der Waals surface area contributed by atoms with E-state index in [4.69, 9.17) is 5.73 Å². The number of aromatic nitrogens is 1. The fourth-order valence-electron chi connectivity index (χ4n) is 1.73. The van der Waals surface area contributed by atoms with Gasteiger partial charge in [-0.1, -0.05) is 0 Å².